The van der Waals surface area contributed by atoms with Gasteiger partial charge in [-0.1, -0.05) is 12.1 Å². The molecule has 1 aliphatic carbocycles. The number of methoxy groups -OCH3 is 2. The minimum atomic E-state index is 0.0461. The molecule has 1 heterocycles. The summed E-state index contributed by atoms with van der Waals surface area (Å²) in [5, 5.41) is 0. The van der Waals surface area contributed by atoms with Gasteiger partial charge in [0, 0.05) is 17.2 Å². The Morgan fingerprint density at radius 3 is 2.73 bits per heavy atom. The van der Waals surface area contributed by atoms with Crippen LogP contribution in [-0.4, -0.2) is 25.0 Å². The van der Waals surface area contributed by atoms with Crippen molar-refractivity contribution in [3.63, 3.8) is 0 Å². The zero-order valence-corrected chi connectivity index (χ0v) is 12.6. The number of Topliss-reactive ketones (excluding diaryl/α,β-unsaturated/α-hetero) is 1. The second-order valence-electron chi connectivity index (χ2n) is 5.13. The SMILES string of the molecule is COc1ccc2c(c1)C(=O)/C(=C/c1cccc(OC)n1)CC2. The second kappa shape index (κ2) is 6.02. The lowest BCUT2D eigenvalue weighted by Gasteiger charge is -2.18. The number of carbonyl (C=O) groups is 1. The van der Waals surface area contributed by atoms with E-state index in [0.29, 0.717) is 11.6 Å². The van der Waals surface area contributed by atoms with Gasteiger partial charge in [-0.05, 0) is 42.7 Å². The Hall–Kier alpha value is -2.62. The fourth-order valence-electron chi connectivity index (χ4n) is 2.61. The summed E-state index contributed by atoms with van der Waals surface area (Å²) in [5.41, 5.74) is 3.29. The Balaban J connectivity index is 1.96. The third-order valence-electron chi connectivity index (χ3n) is 3.79. The Labute approximate surface area is 129 Å². The predicted molar refractivity (Wildman–Crippen MR) is 84.4 cm³/mol. The topological polar surface area (TPSA) is 48.4 Å². The predicted octanol–water partition coefficient (Wildman–Crippen LogP) is 3.31. The van der Waals surface area contributed by atoms with E-state index in [0.717, 1.165) is 35.2 Å². The van der Waals surface area contributed by atoms with Crippen LogP contribution in [0.1, 0.15) is 28.0 Å². The third-order valence-corrected chi connectivity index (χ3v) is 3.79. The molecule has 0 radical (unpaired) electrons. The zero-order valence-electron chi connectivity index (χ0n) is 12.6. The van der Waals surface area contributed by atoms with E-state index >= 15 is 0 Å². The molecule has 1 aliphatic rings. The first-order valence-electron chi connectivity index (χ1n) is 7.14. The summed E-state index contributed by atoms with van der Waals surface area (Å²) < 4.78 is 10.3. The quantitative estimate of drug-likeness (QED) is 0.815. The van der Waals surface area contributed by atoms with E-state index in [9.17, 15) is 4.79 Å². The van der Waals surface area contributed by atoms with Gasteiger partial charge < -0.3 is 9.47 Å². The number of aryl methyl sites for hydroxylation is 1. The number of nitrogens with zero attached hydrogens (tertiary/aromatic N) is 1. The highest BCUT2D eigenvalue weighted by molar-refractivity contribution is 6.13. The van der Waals surface area contributed by atoms with E-state index in [1.54, 1.807) is 20.3 Å². The number of benzene rings is 1. The van der Waals surface area contributed by atoms with Crippen molar-refractivity contribution in [3.05, 3.63) is 58.8 Å². The molecule has 4 heteroatoms. The lowest BCUT2D eigenvalue weighted by Crippen LogP contribution is -2.14. The lowest BCUT2D eigenvalue weighted by molar-refractivity contribution is 0.102. The molecule has 0 saturated carbocycles. The summed E-state index contributed by atoms with van der Waals surface area (Å²) >= 11 is 0. The number of rotatable bonds is 3. The van der Waals surface area contributed by atoms with Crippen LogP contribution in [0.4, 0.5) is 0 Å². The van der Waals surface area contributed by atoms with Gasteiger partial charge in [-0.3, -0.25) is 4.79 Å². The Morgan fingerprint density at radius 2 is 1.95 bits per heavy atom. The first-order chi connectivity index (χ1) is 10.7. The fraction of sp³-hybridized carbons (Fsp3) is 0.222. The number of carbonyl (C=O) groups excluding carboxylic acids is 1. The first kappa shape index (κ1) is 14.3. The van der Waals surface area contributed by atoms with Gasteiger partial charge in [-0.15, -0.1) is 0 Å². The first-order valence-corrected chi connectivity index (χ1v) is 7.14. The minimum absolute atomic E-state index is 0.0461. The van der Waals surface area contributed by atoms with Gasteiger partial charge in [0.25, 0.3) is 0 Å². The van der Waals surface area contributed by atoms with Crippen molar-refractivity contribution in [2.45, 2.75) is 12.8 Å². The summed E-state index contributed by atoms with van der Waals surface area (Å²) in [6.07, 6.45) is 3.41. The molecule has 0 aliphatic heterocycles. The summed E-state index contributed by atoms with van der Waals surface area (Å²) in [6, 6.07) is 11.2. The monoisotopic (exact) mass is 295 g/mol. The number of pyridine rings is 1. The van der Waals surface area contributed by atoms with Crippen LogP contribution in [0, 0.1) is 0 Å². The largest absolute Gasteiger partial charge is 0.497 e. The Morgan fingerprint density at radius 1 is 1.09 bits per heavy atom. The number of aromatic nitrogens is 1. The number of hydrogen-bond donors (Lipinski definition) is 0. The molecule has 0 fully saturated rings. The van der Waals surface area contributed by atoms with Crippen LogP contribution in [0.2, 0.25) is 0 Å². The van der Waals surface area contributed by atoms with Crippen molar-refractivity contribution in [3.8, 4) is 11.6 Å². The molecule has 0 atom stereocenters. The van der Waals surface area contributed by atoms with Crippen LogP contribution < -0.4 is 9.47 Å². The molecule has 0 N–H and O–H groups in total. The third kappa shape index (κ3) is 2.72. The van der Waals surface area contributed by atoms with Crippen molar-refractivity contribution >= 4 is 11.9 Å². The minimum Gasteiger partial charge on any atom is -0.497 e. The molecule has 0 unspecified atom stereocenters. The van der Waals surface area contributed by atoms with Crippen LogP contribution in [0.15, 0.2) is 42.0 Å². The van der Waals surface area contributed by atoms with Crippen molar-refractivity contribution < 1.29 is 14.3 Å². The maximum absolute atomic E-state index is 12.7. The van der Waals surface area contributed by atoms with E-state index in [4.69, 9.17) is 9.47 Å². The molecule has 112 valence electrons. The van der Waals surface area contributed by atoms with E-state index < -0.39 is 0 Å². The van der Waals surface area contributed by atoms with Gasteiger partial charge in [0.15, 0.2) is 5.78 Å². The normalized spacial score (nSPS) is 15.5. The van der Waals surface area contributed by atoms with Gasteiger partial charge in [0.1, 0.15) is 5.75 Å². The molecule has 0 spiro atoms. The van der Waals surface area contributed by atoms with Gasteiger partial charge in [0.05, 0.1) is 19.9 Å². The molecule has 1 aromatic carbocycles. The van der Waals surface area contributed by atoms with E-state index in [2.05, 4.69) is 4.98 Å². The lowest BCUT2D eigenvalue weighted by atomic mass is 9.86. The molecule has 0 amide bonds. The van der Waals surface area contributed by atoms with Gasteiger partial charge in [-0.2, -0.15) is 0 Å². The zero-order chi connectivity index (χ0) is 15.5. The van der Waals surface area contributed by atoms with Crippen LogP contribution >= 0.6 is 0 Å². The summed E-state index contributed by atoms with van der Waals surface area (Å²) in [5.74, 6) is 1.29. The van der Waals surface area contributed by atoms with Crippen molar-refractivity contribution in [1.82, 2.24) is 4.98 Å². The Bertz CT molecular complexity index is 750. The van der Waals surface area contributed by atoms with Gasteiger partial charge >= 0.3 is 0 Å². The summed E-state index contributed by atoms with van der Waals surface area (Å²) in [4.78, 5) is 17.0. The van der Waals surface area contributed by atoms with E-state index in [1.165, 1.54) is 0 Å². The molecule has 1 aromatic heterocycles. The number of ketones is 1. The van der Waals surface area contributed by atoms with E-state index in [1.807, 2.05) is 36.4 Å². The fourth-order valence-corrected chi connectivity index (χ4v) is 2.61. The summed E-state index contributed by atoms with van der Waals surface area (Å²) in [6.45, 7) is 0. The number of hydrogen-bond acceptors (Lipinski definition) is 4. The maximum Gasteiger partial charge on any atom is 0.213 e. The molecular weight excluding hydrogens is 278 g/mol. The van der Waals surface area contributed by atoms with Crippen LogP contribution in [0.3, 0.4) is 0 Å². The van der Waals surface area contributed by atoms with E-state index in [-0.39, 0.29) is 5.78 Å². The highest BCUT2D eigenvalue weighted by Crippen LogP contribution is 2.29. The average molecular weight is 295 g/mol. The highest BCUT2D eigenvalue weighted by atomic mass is 16.5. The standard InChI is InChI=1S/C18H17NO3/c1-21-15-9-8-12-6-7-13(18(20)16(12)11-15)10-14-4-3-5-17(19-14)22-2/h3-5,8-11H,6-7H2,1-2H3/b13-10+. The van der Waals surface area contributed by atoms with Gasteiger partial charge in [0.2, 0.25) is 5.88 Å². The summed E-state index contributed by atoms with van der Waals surface area (Å²) in [7, 11) is 3.18. The van der Waals surface area contributed by atoms with Crippen molar-refractivity contribution in [2.75, 3.05) is 14.2 Å². The Kier molecular flexibility index (Phi) is 3.92. The number of allylic oxidation sites excluding steroid dienone is 1. The highest BCUT2D eigenvalue weighted by Gasteiger charge is 2.22. The van der Waals surface area contributed by atoms with Crippen LogP contribution in [-0.2, 0) is 6.42 Å². The molecule has 4 nitrogen and oxygen atoms in total. The van der Waals surface area contributed by atoms with Crippen LogP contribution in [0.25, 0.3) is 6.08 Å². The average Bonchev–Trinajstić information content (AvgIpc) is 2.57. The molecule has 0 saturated heterocycles. The maximum atomic E-state index is 12.7. The molecule has 0 bridgehead atoms. The number of ether oxygens (including phenoxy) is 2. The van der Waals surface area contributed by atoms with Crippen molar-refractivity contribution in [1.29, 1.82) is 0 Å². The van der Waals surface area contributed by atoms with Crippen molar-refractivity contribution in [2.24, 2.45) is 0 Å². The smallest absolute Gasteiger partial charge is 0.213 e. The molecule has 2 aromatic rings. The van der Waals surface area contributed by atoms with Gasteiger partial charge in [-0.25, -0.2) is 4.98 Å². The van der Waals surface area contributed by atoms with Crippen LogP contribution in [0.5, 0.6) is 11.6 Å². The number of fused-ring (bicyclic) bond motifs is 1. The molecule has 3 rings (SSSR count). The molecule has 22 heavy (non-hydrogen) atoms. The molecular formula is C18H17NO3. The second-order valence-corrected chi connectivity index (χ2v) is 5.13.